The van der Waals surface area contributed by atoms with Gasteiger partial charge >= 0.3 is 5.97 Å². The molecule has 1 aliphatic heterocycles. The fourth-order valence-electron chi connectivity index (χ4n) is 1.33. The summed E-state index contributed by atoms with van der Waals surface area (Å²) in [6, 6.07) is -0.626. The van der Waals surface area contributed by atoms with Gasteiger partial charge in [0.25, 0.3) is 0 Å². The molecule has 1 saturated heterocycles. The van der Waals surface area contributed by atoms with E-state index in [9.17, 15) is 9.18 Å². The Morgan fingerprint density at radius 3 is 2.82 bits per heavy atom. The predicted octanol–water partition coefficient (Wildman–Crippen LogP) is 0.503. The number of halogens is 1. The summed E-state index contributed by atoms with van der Waals surface area (Å²) in [6.45, 7) is 0.540. The Hall–Kier alpha value is -0.640. The second kappa shape index (κ2) is 3.17. The van der Waals surface area contributed by atoms with Gasteiger partial charge in [0.2, 0.25) is 0 Å². The molecule has 0 aromatic carbocycles. The van der Waals surface area contributed by atoms with Crippen molar-refractivity contribution in [1.29, 1.82) is 0 Å². The molecule has 0 spiro atoms. The van der Waals surface area contributed by atoms with Crippen molar-refractivity contribution in [2.45, 2.75) is 25.1 Å². The Kier molecular flexibility index (Phi) is 2.44. The monoisotopic (exact) mass is 161 g/mol. The average Bonchev–Trinajstić information content (AvgIpc) is 1.94. The number of likely N-dealkylation sites (N-methyl/N-ethyl adjacent to an activating group) is 1. The molecule has 1 fully saturated rings. The van der Waals surface area contributed by atoms with Crippen molar-refractivity contribution in [3.63, 3.8) is 0 Å². The molecule has 3 nitrogen and oxygen atoms in total. The normalized spacial score (nSPS) is 33.6. The van der Waals surface area contributed by atoms with E-state index >= 15 is 0 Å². The third-order valence-corrected chi connectivity index (χ3v) is 2.09. The molecule has 11 heavy (non-hydrogen) atoms. The number of hydrogen-bond acceptors (Lipinski definition) is 2. The molecule has 64 valence electrons. The van der Waals surface area contributed by atoms with Crippen LogP contribution < -0.4 is 0 Å². The number of carboxylic acid groups (broad SMARTS) is 1. The number of hydrogen-bond donors (Lipinski definition) is 1. The van der Waals surface area contributed by atoms with E-state index in [0.717, 1.165) is 0 Å². The van der Waals surface area contributed by atoms with Crippen molar-refractivity contribution < 1.29 is 14.3 Å². The molecule has 1 aliphatic rings. The van der Waals surface area contributed by atoms with Gasteiger partial charge in [-0.15, -0.1) is 0 Å². The van der Waals surface area contributed by atoms with Crippen molar-refractivity contribution >= 4 is 5.97 Å². The summed E-state index contributed by atoms with van der Waals surface area (Å²) in [7, 11) is 1.71. The first-order chi connectivity index (χ1) is 5.11. The number of aliphatic carboxylic acids is 1. The smallest absolute Gasteiger partial charge is 0.321 e. The third kappa shape index (κ3) is 1.89. The minimum Gasteiger partial charge on any atom is -0.480 e. The zero-order valence-electron chi connectivity index (χ0n) is 6.46. The lowest BCUT2D eigenvalue weighted by atomic mass is 10.0. The summed E-state index contributed by atoms with van der Waals surface area (Å²) in [5.74, 6) is -0.921. The number of alkyl halides is 1. The van der Waals surface area contributed by atoms with Gasteiger partial charge in [-0.3, -0.25) is 9.69 Å². The number of carboxylic acids is 1. The van der Waals surface area contributed by atoms with E-state index in [-0.39, 0.29) is 6.42 Å². The Labute approximate surface area is 64.8 Å². The maximum Gasteiger partial charge on any atom is 0.321 e. The summed E-state index contributed by atoms with van der Waals surface area (Å²) in [6.07, 6.45) is -0.348. The lowest BCUT2D eigenvalue weighted by molar-refractivity contribution is -0.144. The van der Waals surface area contributed by atoms with E-state index in [4.69, 9.17) is 5.11 Å². The zero-order chi connectivity index (χ0) is 8.43. The van der Waals surface area contributed by atoms with Gasteiger partial charge in [0, 0.05) is 13.0 Å². The summed E-state index contributed by atoms with van der Waals surface area (Å²) in [5.41, 5.74) is 0. The SMILES string of the molecule is CN1CCC(F)CC1C(=O)O. The Morgan fingerprint density at radius 1 is 1.73 bits per heavy atom. The standard InChI is InChI=1S/C7H12FNO2/c1-9-3-2-5(8)4-6(9)7(10)11/h5-6H,2-4H2,1H3,(H,10,11). The molecule has 1 heterocycles. The van der Waals surface area contributed by atoms with E-state index in [0.29, 0.717) is 13.0 Å². The number of rotatable bonds is 1. The van der Waals surface area contributed by atoms with Crippen molar-refractivity contribution in [2.75, 3.05) is 13.6 Å². The van der Waals surface area contributed by atoms with Crippen molar-refractivity contribution in [2.24, 2.45) is 0 Å². The predicted molar refractivity (Wildman–Crippen MR) is 38.2 cm³/mol. The summed E-state index contributed by atoms with van der Waals surface area (Å²) in [5, 5.41) is 8.62. The van der Waals surface area contributed by atoms with Crippen molar-refractivity contribution in [1.82, 2.24) is 4.90 Å². The molecule has 0 radical (unpaired) electrons. The van der Waals surface area contributed by atoms with Crippen molar-refractivity contribution in [3.8, 4) is 0 Å². The van der Waals surface area contributed by atoms with Crippen LogP contribution in [0.1, 0.15) is 12.8 Å². The number of nitrogens with zero attached hydrogens (tertiary/aromatic N) is 1. The minimum atomic E-state index is -0.938. The molecule has 0 amide bonds. The zero-order valence-corrected chi connectivity index (χ0v) is 6.46. The van der Waals surface area contributed by atoms with E-state index < -0.39 is 18.2 Å². The highest BCUT2D eigenvalue weighted by Gasteiger charge is 2.30. The highest BCUT2D eigenvalue weighted by molar-refractivity contribution is 5.73. The largest absolute Gasteiger partial charge is 0.480 e. The first kappa shape index (κ1) is 8.46. The second-order valence-corrected chi connectivity index (χ2v) is 2.96. The Morgan fingerprint density at radius 2 is 2.36 bits per heavy atom. The quantitative estimate of drug-likeness (QED) is 0.609. The highest BCUT2D eigenvalue weighted by atomic mass is 19.1. The van der Waals surface area contributed by atoms with Gasteiger partial charge in [-0.05, 0) is 13.5 Å². The van der Waals surface area contributed by atoms with Crippen LogP contribution in [0.25, 0.3) is 0 Å². The second-order valence-electron chi connectivity index (χ2n) is 2.96. The van der Waals surface area contributed by atoms with Gasteiger partial charge in [0.15, 0.2) is 0 Å². The maximum atomic E-state index is 12.7. The number of likely N-dealkylation sites (tertiary alicyclic amines) is 1. The van der Waals surface area contributed by atoms with Gasteiger partial charge in [-0.25, -0.2) is 4.39 Å². The van der Waals surface area contributed by atoms with E-state index in [1.54, 1.807) is 11.9 Å². The van der Waals surface area contributed by atoms with Crippen LogP contribution >= 0.6 is 0 Å². The van der Waals surface area contributed by atoms with Crippen molar-refractivity contribution in [3.05, 3.63) is 0 Å². The lowest BCUT2D eigenvalue weighted by Gasteiger charge is -2.30. The summed E-state index contributed by atoms with van der Waals surface area (Å²) < 4.78 is 12.7. The Bertz CT molecular complexity index is 163. The summed E-state index contributed by atoms with van der Waals surface area (Å²) in [4.78, 5) is 12.2. The lowest BCUT2D eigenvalue weighted by Crippen LogP contribution is -2.45. The minimum absolute atomic E-state index is 0.131. The third-order valence-electron chi connectivity index (χ3n) is 2.09. The molecular weight excluding hydrogens is 149 g/mol. The highest BCUT2D eigenvalue weighted by Crippen LogP contribution is 2.18. The van der Waals surface area contributed by atoms with Crippen LogP contribution in [-0.4, -0.2) is 41.8 Å². The van der Waals surface area contributed by atoms with Gasteiger partial charge in [-0.1, -0.05) is 0 Å². The van der Waals surface area contributed by atoms with Gasteiger partial charge in [-0.2, -0.15) is 0 Å². The van der Waals surface area contributed by atoms with Gasteiger partial charge in [0.05, 0.1) is 0 Å². The van der Waals surface area contributed by atoms with Crippen LogP contribution in [0.3, 0.4) is 0 Å². The molecule has 4 heteroatoms. The van der Waals surface area contributed by atoms with Crippen LogP contribution in [0, 0.1) is 0 Å². The molecule has 1 N–H and O–H groups in total. The molecular formula is C7H12FNO2. The summed E-state index contributed by atoms with van der Waals surface area (Å²) >= 11 is 0. The molecule has 2 atom stereocenters. The fraction of sp³-hybridized carbons (Fsp3) is 0.857. The first-order valence-corrected chi connectivity index (χ1v) is 3.68. The molecule has 0 bridgehead atoms. The average molecular weight is 161 g/mol. The molecule has 0 aromatic rings. The van der Waals surface area contributed by atoms with Crippen LogP contribution in [0.2, 0.25) is 0 Å². The number of piperidine rings is 1. The molecule has 2 unspecified atom stereocenters. The fourth-order valence-corrected chi connectivity index (χ4v) is 1.33. The van der Waals surface area contributed by atoms with E-state index in [2.05, 4.69) is 0 Å². The van der Waals surface area contributed by atoms with Gasteiger partial charge < -0.3 is 5.11 Å². The molecule has 0 aliphatic carbocycles. The van der Waals surface area contributed by atoms with E-state index in [1.165, 1.54) is 0 Å². The van der Waals surface area contributed by atoms with E-state index in [1.807, 2.05) is 0 Å². The maximum absolute atomic E-state index is 12.7. The van der Waals surface area contributed by atoms with Crippen LogP contribution in [0.5, 0.6) is 0 Å². The number of carbonyl (C=O) groups is 1. The Balaban J connectivity index is 2.54. The van der Waals surface area contributed by atoms with Crippen LogP contribution in [0.15, 0.2) is 0 Å². The first-order valence-electron chi connectivity index (χ1n) is 3.68. The van der Waals surface area contributed by atoms with Gasteiger partial charge in [0.1, 0.15) is 12.2 Å². The van der Waals surface area contributed by atoms with Crippen LogP contribution in [0.4, 0.5) is 4.39 Å². The molecule has 1 rings (SSSR count). The molecule has 0 aromatic heterocycles. The molecule has 0 saturated carbocycles. The topological polar surface area (TPSA) is 40.5 Å². The van der Waals surface area contributed by atoms with Crippen LogP contribution in [-0.2, 0) is 4.79 Å².